The highest BCUT2D eigenvalue weighted by molar-refractivity contribution is 7.98. The summed E-state index contributed by atoms with van der Waals surface area (Å²) in [6.45, 7) is -0.0659. The number of nitrogens with zero attached hydrogens (tertiary/aromatic N) is 2. The van der Waals surface area contributed by atoms with Gasteiger partial charge in [0, 0.05) is 12.2 Å². The Labute approximate surface area is 173 Å². The van der Waals surface area contributed by atoms with Gasteiger partial charge in [0.2, 0.25) is 0 Å². The molecule has 1 N–H and O–H groups in total. The zero-order chi connectivity index (χ0) is 20.6. The van der Waals surface area contributed by atoms with E-state index >= 15 is 0 Å². The Hall–Kier alpha value is -3.26. The molecule has 0 aliphatic heterocycles. The predicted octanol–water partition coefficient (Wildman–Crippen LogP) is 3.08. The number of thioether (sulfide) groups is 1. The topological polar surface area (TPSA) is 82.4 Å². The highest BCUT2D eigenvalue weighted by atomic mass is 32.2. The number of aromatic nitrogens is 2. The lowest BCUT2D eigenvalue weighted by molar-refractivity contribution is -0.124. The smallest absolute Gasteiger partial charge is 0.357 e. The Kier molecular flexibility index (Phi) is 6.91. The maximum atomic E-state index is 12.5. The number of para-hydroxylation sites is 1. The Morgan fingerprint density at radius 3 is 2.66 bits per heavy atom. The van der Waals surface area contributed by atoms with Crippen LogP contribution in [-0.2, 0) is 16.1 Å². The third kappa shape index (κ3) is 5.17. The van der Waals surface area contributed by atoms with Gasteiger partial charge in [0.1, 0.15) is 5.75 Å². The number of carbonyl (C=O) groups excluding carboxylic acids is 2. The van der Waals surface area contributed by atoms with Crippen molar-refractivity contribution in [2.24, 2.45) is 0 Å². The van der Waals surface area contributed by atoms with E-state index < -0.39 is 11.9 Å². The van der Waals surface area contributed by atoms with Crippen molar-refractivity contribution in [2.75, 3.05) is 20.0 Å². The lowest BCUT2D eigenvalue weighted by Gasteiger charge is -2.11. The Morgan fingerprint density at radius 1 is 1.14 bits per heavy atom. The average Bonchev–Trinajstić information content (AvgIpc) is 3.21. The second-order valence-electron chi connectivity index (χ2n) is 6.01. The summed E-state index contributed by atoms with van der Waals surface area (Å²) in [5.74, 6) is -0.294. The molecule has 0 atom stereocenters. The van der Waals surface area contributed by atoms with Gasteiger partial charge in [-0.05, 0) is 36.1 Å². The van der Waals surface area contributed by atoms with Crippen LogP contribution in [0.2, 0.25) is 0 Å². The molecule has 1 amide bonds. The molecule has 29 heavy (non-hydrogen) atoms. The van der Waals surface area contributed by atoms with Crippen LogP contribution in [0.4, 0.5) is 0 Å². The van der Waals surface area contributed by atoms with E-state index in [-0.39, 0.29) is 12.3 Å². The summed E-state index contributed by atoms with van der Waals surface area (Å²) in [5, 5.41) is 3.38. The van der Waals surface area contributed by atoms with E-state index in [1.807, 2.05) is 60.9 Å². The van der Waals surface area contributed by atoms with Crippen molar-refractivity contribution in [2.45, 2.75) is 11.7 Å². The molecular weight excluding hydrogens is 390 g/mol. The molecule has 7 nitrogen and oxygen atoms in total. The zero-order valence-electron chi connectivity index (χ0n) is 16.1. The lowest BCUT2D eigenvalue weighted by Crippen LogP contribution is -2.28. The maximum absolute atomic E-state index is 12.5. The van der Waals surface area contributed by atoms with Crippen LogP contribution in [0, 0.1) is 0 Å². The first kappa shape index (κ1) is 20.5. The van der Waals surface area contributed by atoms with Crippen molar-refractivity contribution >= 4 is 23.6 Å². The van der Waals surface area contributed by atoms with E-state index in [2.05, 4.69) is 10.3 Å². The molecule has 0 aliphatic rings. The molecule has 0 saturated heterocycles. The van der Waals surface area contributed by atoms with Gasteiger partial charge < -0.3 is 14.8 Å². The van der Waals surface area contributed by atoms with Gasteiger partial charge in [-0.15, -0.1) is 0 Å². The molecule has 3 aromatic rings. The number of nitrogens with one attached hydrogen (secondary N) is 1. The molecule has 2 aromatic carbocycles. The number of ether oxygens (including phenoxy) is 2. The second-order valence-corrected chi connectivity index (χ2v) is 6.78. The minimum Gasteiger partial charge on any atom is -0.497 e. The summed E-state index contributed by atoms with van der Waals surface area (Å²) in [4.78, 5) is 28.9. The number of benzene rings is 2. The molecular formula is C21H21N3O4S. The summed E-state index contributed by atoms with van der Waals surface area (Å²) in [6, 6.07) is 16.8. The SMILES string of the molecule is COc1cccc(CNC(=O)COC(=O)c2cnc(SC)n2-c2ccccc2)c1. The predicted molar refractivity (Wildman–Crippen MR) is 110 cm³/mol. The summed E-state index contributed by atoms with van der Waals surface area (Å²) in [6.07, 6.45) is 3.33. The van der Waals surface area contributed by atoms with Crippen LogP contribution in [-0.4, -0.2) is 41.4 Å². The summed E-state index contributed by atoms with van der Waals surface area (Å²) in [7, 11) is 1.58. The molecule has 0 spiro atoms. The van der Waals surface area contributed by atoms with Crippen LogP contribution in [0.3, 0.4) is 0 Å². The summed E-state index contributed by atoms with van der Waals surface area (Å²) >= 11 is 1.42. The van der Waals surface area contributed by atoms with E-state index in [0.29, 0.717) is 17.5 Å². The number of hydrogen-bond acceptors (Lipinski definition) is 6. The molecule has 0 saturated carbocycles. The van der Waals surface area contributed by atoms with Gasteiger partial charge in [-0.3, -0.25) is 9.36 Å². The van der Waals surface area contributed by atoms with Gasteiger partial charge in [0.15, 0.2) is 17.5 Å². The molecule has 0 radical (unpaired) electrons. The fourth-order valence-corrected chi connectivity index (χ4v) is 3.23. The zero-order valence-corrected chi connectivity index (χ0v) is 16.9. The Balaban J connectivity index is 1.61. The Bertz CT molecular complexity index is 989. The maximum Gasteiger partial charge on any atom is 0.357 e. The number of methoxy groups -OCH3 is 1. The van der Waals surface area contributed by atoms with Gasteiger partial charge in [0.05, 0.1) is 13.3 Å². The molecule has 1 aromatic heterocycles. The number of amides is 1. The third-order valence-electron chi connectivity index (χ3n) is 4.09. The van der Waals surface area contributed by atoms with Gasteiger partial charge in [-0.2, -0.15) is 0 Å². The standard InChI is InChI=1S/C21H21N3O4S/c1-27-17-10-6-7-15(11-17)12-22-19(25)14-28-20(26)18-13-23-21(29-2)24(18)16-8-4-3-5-9-16/h3-11,13H,12,14H2,1-2H3,(H,22,25). The van der Waals surface area contributed by atoms with Gasteiger partial charge in [-0.25, -0.2) is 9.78 Å². The van der Waals surface area contributed by atoms with E-state index in [1.165, 1.54) is 18.0 Å². The minimum atomic E-state index is -0.613. The molecule has 0 aliphatic carbocycles. The van der Waals surface area contributed by atoms with E-state index in [9.17, 15) is 9.59 Å². The number of esters is 1. The van der Waals surface area contributed by atoms with E-state index in [4.69, 9.17) is 9.47 Å². The number of imidazole rings is 1. The highest BCUT2D eigenvalue weighted by Crippen LogP contribution is 2.22. The number of rotatable bonds is 8. The largest absolute Gasteiger partial charge is 0.497 e. The van der Waals surface area contributed by atoms with Gasteiger partial charge in [0.25, 0.3) is 5.91 Å². The average molecular weight is 411 g/mol. The Morgan fingerprint density at radius 2 is 1.93 bits per heavy atom. The van der Waals surface area contributed by atoms with Gasteiger partial charge >= 0.3 is 5.97 Å². The molecule has 0 bridgehead atoms. The van der Waals surface area contributed by atoms with Crippen LogP contribution in [0.15, 0.2) is 66.0 Å². The molecule has 0 fully saturated rings. The minimum absolute atomic E-state index is 0.265. The molecule has 3 rings (SSSR count). The lowest BCUT2D eigenvalue weighted by atomic mass is 10.2. The van der Waals surface area contributed by atoms with Crippen LogP contribution in [0.5, 0.6) is 5.75 Å². The molecule has 150 valence electrons. The quantitative estimate of drug-likeness (QED) is 0.453. The van der Waals surface area contributed by atoms with Crippen LogP contribution in [0.25, 0.3) is 5.69 Å². The van der Waals surface area contributed by atoms with E-state index in [1.54, 1.807) is 11.7 Å². The van der Waals surface area contributed by atoms with Crippen molar-refractivity contribution in [3.05, 3.63) is 72.1 Å². The summed E-state index contributed by atoms with van der Waals surface area (Å²) < 4.78 is 12.1. The first-order valence-electron chi connectivity index (χ1n) is 8.86. The first-order valence-corrected chi connectivity index (χ1v) is 10.1. The number of carbonyl (C=O) groups is 2. The van der Waals surface area contributed by atoms with E-state index in [0.717, 1.165) is 11.3 Å². The number of hydrogen-bond donors (Lipinski definition) is 1. The van der Waals surface area contributed by atoms with Gasteiger partial charge in [-0.1, -0.05) is 42.1 Å². The third-order valence-corrected chi connectivity index (χ3v) is 4.75. The first-order chi connectivity index (χ1) is 14.1. The van der Waals surface area contributed by atoms with Crippen LogP contribution >= 0.6 is 11.8 Å². The fourth-order valence-electron chi connectivity index (χ4n) is 2.69. The summed E-state index contributed by atoms with van der Waals surface area (Å²) in [5.41, 5.74) is 1.95. The van der Waals surface area contributed by atoms with Crippen molar-refractivity contribution in [1.82, 2.24) is 14.9 Å². The van der Waals surface area contributed by atoms with Crippen LogP contribution < -0.4 is 10.1 Å². The highest BCUT2D eigenvalue weighted by Gasteiger charge is 2.19. The fraction of sp³-hybridized carbons (Fsp3) is 0.190. The van der Waals surface area contributed by atoms with Crippen molar-refractivity contribution in [3.8, 4) is 11.4 Å². The molecule has 1 heterocycles. The van der Waals surface area contributed by atoms with Crippen molar-refractivity contribution in [3.63, 3.8) is 0 Å². The normalized spacial score (nSPS) is 10.4. The van der Waals surface area contributed by atoms with Crippen molar-refractivity contribution < 1.29 is 19.1 Å². The van der Waals surface area contributed by atoms with Crippen molar-refractivity contribution in [1.29, 1.82) is 0 Å². The monoisotopic (exact) mass is 411 g/mol. The molecule has 0 unspecified atom stereocenters. The second kappa shape index (κ2) is 9.79. The molecule has 8 heteroatoms. The van der Waals surface area contributed by atoms with Crippen LogP contribution in [0.1, 0.15) is 16.1 Å².